The molecular formula is C9H8FNOS. The molecule has 0 amide bonds. The van der Waals surface area contributed by atoms with Gasteiger partial charge in [-0.25, -0.2) is 4.39 Å². The minimum absolute atomic E-state index is 0.0199. The van der Waals surface area contributed by atoms with Crippen LogP contribution < -0.4 is 0 Å². The Hall–Kier alpha value is -1.05. The van der Waals surface area contributed by atoms with Crippen molar-refractivity contribution in [2.75, 3.05) is 12.4 Å². The minimum atomic E-state index is -0.509. The minimum Gasteiger partial charge on any atom is -0.396 e. The molecule has 0 aromatic heterocycles. The zero-order valence-electron chi connectivity index (χ0n) is 6.83. The Morgan fingerprint density at radius 1 is 1.54 bits per heavy atom. The van der Waals surface area contributed by atoms with E-state index in [-0.39, 0.29) is 12.2 Å². The van der Waals surface area contributed by atoms with Crippen LogP contribution in [0.4, 0.5) is 4.39 Å². The van der Waals surface area contributed by atoms with Crippen LogP contribution in [0.1, 0.15) is 5.56 Å². The predicted molar refractivity (Wildman–Crippen MR) is 48.9 cm³/mol. The van der Waals surface area contributed by atoms with Crippen LogP contribution in [0.15, 0.2) is 23.1 Å². The molecule has 4 heteroatoms. The van der Waals surface area contributed by atoms with Crippen molar-refractivity contribution < 1.29 is 9.50 Å². The van der Waals surface area contributed by atoms with Gasteiger partial charge in [0.15, 0.2) is 0 Å². The topological polar surface area (TPSA) is 44.0 Å². The van der Waals surface area contributed by atoms with E-state index in [4.69, 9.17) is 10.4 Å². The first-order valence-corrected chi connectivity index (χ1v) is 4.70. The summed E-state index contributed by atoms with van der Waals surface area (Å²) in [4.78, 5) is 0.580. The van der Waals surface area contributed by atoms with E-state index in [2.05, 4.69) is 0 Å². The van der Waals surface area contributed by atoms with Crippen molar-refractivity contribution >= 4 is 11.8 Å². The fourth-order valence-electron chi connectivity index (χ4n) is 0.889. The number of benzene rings is 1. The van der Waals surface area contributed by atoms with Crippen molar-refractivity contribution in [2.45, 2.75) is 4.90 Å². The van der Waals surface area contributed by atoms with Crippen LogP contribution in [0, 0.1) is 17.1 Å². The van der Waals surface area contributed by atoms with Crippen LogP contribution in [0.25, 0.3) is 0 Å². The van der Waals surface area contributed by atoms with Gasteiger partial charge in [-0.05, 0) is 12.1 Å². The smallest absolute Gasteiger partial charge is 0.142 e. The highest BCUT2D eigenvalue weighted by Gasteiger charge is 2.06. The summed E-state index contributed by atoms with van der Waals surface area (Å²) in [5.41, 5.74) is 0.0564. The number of hydrogen-bond donors (Lipinski definition) is 1. The van der Waals surface area contributed by atoms with Crippen LogP contribution in [-0.2, 0) is 0 Å². The summed E-state index contributed by atoms with van der Waals surface area (Å²) in [6.07, 6.45) is 0. The molecule has 0 aliphatic carbocycles. The van der Waals surface area contributed by atoms with Crippen LogP contribution in [0.5, 0.6) is 0 Å². The Kier molecular flexibility index (Phi) is 3.74. The summed E-state index contributed by atoms with van der Waals surface area (Å²) < 4.78 is 13.0. The van der Waals surface area contributed by atoms with Crippen molar-refractivity contribution in [3.8, 4) is 6.07 Å². The number of nitrogens with zero attached hydrogens (tertiary/aromatic N) is 1. The molecule has 0 aliphatic rings. The van der Waals surface area contributed by atoms with Gasteiger partial charge in [0, 0.05) is 10.6 Å². The van der Waals surface area contributed by atoms with Crippen LogP contribution in [0.2, 0.25) is 0 Å². The van der Waals surface area contributed by atoms with Gasteiger partial charge in [-0.15, -0.1) is 11.8 Å². The van der Waals surface area contributed by atoms with E-state index in [1.165, 1.54) is 17.8 Å². The first kappa shape index (κ1) is 10.0. The normalized spacial score (nSPS) is 9.62. The second-order valence-electron chi connectivity index (χ2n) is 2.30. The third kappa shape index (κ3) is 2.44. The molecule has 1 rings (SSSR count). The monoisotopic (exact) mass is 197 g/mol. The van der Waals surface area contributed by atoms with E-state index >= 15 is 0 Å². The average Bonchev–Trinajstić information content (AvgIpc) is 2.15. The fraction of sp³-hybridized carbons (Fsp3) is 0.222. The molecule has 0 spiro atoms. The van der Waals surface area contributed by atoms with Gasteiger partial charge in [-0.3, -0.25) is 0 Å². The fourth-order valence-corrected chi connectivity index (χ4v) is 1.66. The number of halogens is 1. The van der Waals surface area contributed by atoms with Gasteiger partial charge in [0.1, 0.15) is 17.4 Å². The molecule has 0 bridgehead atoms. The molecule has 68 valence electrons. The number of nitriles is 1. The van der Waals surface area contributed by atoms with Crippen molar-refractivity contribution in [2.24, 2.45) is 0 Å². The maximum atomic E-state index is 13.0. The molecule has 0 saturated carbocycles. The molecule has 1 N–H and O–H groups in total. The lowest BCUT2D eigenvalue weighted by Crippen LogP contribution is -1.90. The molecule has 2 nitrogen and oxygen atoms in total. The van der Waals surface area contributed by atoms with Crippen molar-refractivity contribution in [1.82, 2.24) is 0 Å². The highest BCUT2D eigenvalue weighted by atomic mass is 32.2. The van der Waals surface area contributed by atoms with E-state index in [0.29, 0.717) is 10.6 Å². The summed E-state index contributed by atoms with van der Waals surface area (Å²) >= 11 is 1.27. The Bertz CT molecular complexity index is 335. The zero-order chi connectivity index (χ0) is 9.68. The van der Waals surface area contributed by atoms with Crippen molar-refractivity contribution in [3.05, 3.63) is 29.6 Å². The molecule has 0 heterocycles. The van der Waals surface area contributed by atoms with Gasteiger partial charge in [0.05, 0.1) is 6.61 Å². The maximum absolute atomic E-state index is 13.0. The van der Waals surface area contributed by atoms with Crippen molar-refractivity contribution in [3.63, 3.8) is 0 Å². The SMILES string of the molecule is N#Cc1c(F)cccc1SCCO. The van der Waals surface area contributed by atoms with Crippen molar-refractivity contribution in [1.29, 1.82) is 5.26 Å². The highest BCUT2D eigenvalue weighted by Crippen LogP contribution is 2.23. The number of hydrogen-bond acceptors (Lipinski definition) is 3. The largest absolute Gasteiger partial charge is 0.396 e. The summed E-state index contributed by atoms with van der Waals surface area (Å²) in [5.74, 6) is -0.0385. The number of aliphatic hydroxyl groups excluding tert-OH is 1. The van der Waals surface area contributed by atoms with E-state index in [1.54, 1.807) is 18.2 Å². The van der Waals surface area contributed by atoms with Gasteiger partial charge in [-0.2, -0.15) is 5.26 Å². The zero-order valence-corrected chi connectivity index (χ0v) is 7.64. The van der Waals surface area contributed by atoms with E-state index in [9.17, 15) is 4.39 Å². The van der Waals surface area contributed by atoms with Gasteiger partial charge >= 0.3 is 0 Å². The summed E-state index contributed by atoms with van der Waals surface area (Å²) in [6.45, 7) is 0.0199. The molecule has 1 aromatic carbocycles. The summed E-state index contributed by atoms with van der Waals surface area (Å²) in [6, 6.07) is 6.27. The Morgan fingerprint density at radius 2 is 2.31 bits per heavy atom. The van der Waals surface area contributed by atoms with E-state index < -0.39 is 5.82 Å². The second kappa shape index (κ2) is 4.85. The molecule has 1 aromatic rings. The standard InChI is InChI=1S/C9H8FNOS/c10-8-2-1-3-9(7(8)6-11)13-5-4-12/h1-3,12H,4-5H2. The lowest BCUT2D eigenvalue weighted by atomic mass is 10.2. The maximum Gasteiger partial charge on any atom is 0.142 e. The quantitative estimate of drug-likeness (QED) is 0.751. The molecule has 0 fully saturated rings. The molecule has 0 atom stereocenters. The summed E-state index contributed by atoms with van der Waals surface area (Å²) in [7, 11) is 0. The lowest BCUT2D eigenvalue weighted by molar-refractivity contribution is 0.322. The van der Waals surface area contributed by atoms with Crippen LogP contribution in [0.3, 0.4) is 0 Å². The molecular weight excluding hydrogens is 189 g/mol. The second-order valence-corrected chi connectivity index (χ2v) is 3.43. The molecule has 0 radical (unpaired) electrons. The lowest BCUT2D eigenvalue weighted by Gasteiger charge is -2.01. The Balaban J connectivity index is 2.93. The number of rotatable bonds is 3. The molecule has 0 aliphatic heterocycles. The average molecular weight is 197 g/mol. The molecule has 13 heavy (non-hydrogen) atoms. The summed E-state index contributed by atoms with van der Waals surface area (Å²) in [5, 5.41) is 17.2. The Morgan fingerprint density at radius 3 is 2.92 bits per heavy atom. The predicted octanol–water partition coefficient (Wildman–Crippen LogP) is 1.78. The van der Waals surface area contributed by atoms with E-state index in [0.717, 1.165) is 0 Å². The van der Waals surface area contributed by atoms with E-state index in [1.807, 2.05) is 0 Å². The first-order valence-electron chi connectivity index (χ1n) is 3.72. The van der Waals surface area contributed by atoms with Gasteiger partial charge < -0.3 is 5.11 Å². The molecule has 0 saturated heterocycles. The highest BCUT2D eigenvalue weighted by molar-refractivity contribution is 7.99. The first-order chi connectivity index (χ1) is 6.29. The van der Waals surface area contributed by atoms with Crippen LogP contribution >= 0.6 is 11.8 Å². The number of aliphatic hydroxyl groups is 1. The van der Waals surface area contributed by atoms with Gasteiger partial charge in [-0.1, -0.05) is 6.07 Å². The Labute approximate surface area is 80.0 Å². The molecule has 0 unspecified atom stereocenters. The third-order valence-corrected chi connectivity index (χ3v) is 2.47. The van der Waals surface area contributed by atoms with Gasteiger partial charge in [0.2, 0.25) is 0 Å². The van der Waals surface area contributed by atoms with Gasteiger partial charge in [0.25, 0.3) is 0 Å². The third-order valence-electron chi connectivity index (χ3n) is 1.44. The van der Waals surface area contributed by atoms with Crippen LogP contribution in [-0.4, -0.2) is 17.5 Å². The number of thioether (sulfide) groups is 1.